The molecule has 0 saturated carbocycles. The third kappa shape index (κ3) is 15.9. The molecule has 0 fully saturated rings. The first kappa shape index (κ1) is 17.1. The maximum absolute atomic E-state index is 5.31. The maximum atomic E-state index is 5.31. The lowest BCUT2D eigenvalue weighted by molar-refractivity contribution is 0.575. The summed E-state index contributed by atoms with van der Waals surface area (Å²) in [4.78, 5) is 0. The molecule has 0 saturated heterocycles. The van der Waals surface area contributed by atoms with Crippen LogP contribution in [0.4, 0.5) is 0 Å². The van der Waals surface area contributed by atoms with Crippen molar-refractivity contribution in [2.75, 3.05) is 0 Å². The van der Waals surface area contributed by atoms with E-state index < -0.39 is 0 Å². The molecule has 0 radical (unpaired) electrons. The number of nitrogens with two attached hydrogens (primary N) is 2. The molecule has 2 nitrogen and oxygen atoms in total. The zero-order chi connectivity index (χ0) is 6.41. The average Bonchev–Trinajstić information content (AvgIpc) is 1.66. The van der Waals surface area contributed by atoms with Gasteiger partial charge < -0.3 is 11.5 Å². The molecule has 0 atom stereocenters. The predicted molar refractivity (Wildman–Crippen MR) is 56.9 cm³/mol. The average molecular weight is 278 g/mol. The second-order valence-corrected chi connectivity index (χ2v) is 2.16. The zero-order valence-electron chi connectivity index (χ0n) is 6.38. The van der Waals surface area contributed by atoms with Gasteiger partial charge in [-0.15, -0.1) is 34.0 Å². The van der Waals surface area contributed by atoms with Crippen LogP contribution in [0.15, 0.2) is 0 Å². The van der Waals surface area contributed by atoms with Gasteiger partial charge in [0, 0.05) is 0 Å². The second-order valence-electron chi connectivity index (χ2n) is 2.16. The molecule has 0 bridgehead atoms. The van der Waals surface area contributed by atoms with E-state index in [-0.39, 0.29) is 40.1 Å². The van der Waals surface area contributed by atoms with Gasteiger partial charge in [0.2, 0.25) is 0 Å². The molecule has 0 spiro atoms. The van der Waals surface area contributed by atoms with Crippen molar-refractivity contribution in [2.24, 2.45) is 11.5 Å². The van der Waals surface area contributed by atoms with Crippen molar-refractivity contribution in [1.82, 2.24) is 0 Å². The van der Waals surface area contributed by atoms with E-state index in [0.29, 0.717) is 0 Å². The van der Waals surface area contributed by atoms with Gasteiger partial charge in [0.25, 0.3) is 0 Å². The van der Waals surface area contributed by atoms with Crippen molar-refractivity contribution >= 4 is 34.0 Å². The molecule has 0 heterocycles. The summed E-state index contributed by atoms with van der Waals surface area (Å²) in [7, 11) is 0. The van der Waals surface area contributed by atoms with E-state index in [1.807, 2.05) is 0 Å². The Morgan fingerprint density at radius 2 is 1.60 bits per heavy atom. The number of hydrogen-bond donors (Lipinski definition) is 2. The summed E-state index contributed by atoms with van der Waals surface area (Å²) in [5.74, 6) is 0. The van der Waals surface area contributed by atoms with Crippen molar-refractivity contribution in [2.45, 2.75) is 38.8 Å². The molecular formula is C6H18Br2N2. The van der Waals surface area contributed by atoms with Gasteiger partial charge in [-0.05, 0) is 6.42 Å². The molecule has 0 aliphatic heterocycles. The lowest BCUT2D eigenvalue weighted by Gasteiger charge is -2.01. The zero-order valence-corrected chi connectivity index (χ0v) is 9.80. The summed E-state index contributed by atoms with van der Waals surface area (Å²) in [5.41, 5.74) is 10.6. The number of halogens is 2. The second kappa shape index (κ2) is 12.5. The number of hydrogen-bond acceptors (Lipinski definition) is 2. The van der Waals surface area contributed by atoms with Crippen LogP contribution >= 0.6 is 34.0 Å². The molecule has 4 N–H and O–H groups in total. The van der Waals surface area contributed by atoms with E-state index in [2.05, 4.69) is 6.92 Å². The van der Waals surface area contributed by atoms with Gasteiger partial charge in [-0.3, -0.25) is 0 Å². The molecule has 0 aromatic carbocycles. The third-order valence-electron chi connectivity index (χ3n) is 1.14. The molecular weight excluding hydrogens is 260 g/mol. The van der Waals surface area contributed by atoms with E-state index in [4.69, 9.17) is 11.5 Å². The summed E-state index contributed by atoms with van der Waals surface area (Å²) in [6, 6.07) is 0. The van der Waals surface area contributed by atoms with Gasteiger partial charge in [-0.1, -0.05) is 26.2 Å². The Morgan fingerprint density at radius 1 is 1.10 bits per heavy atom. The fraction of sp³-hybridized carbons (Fsp3) is 1.00. The molecule has 0 aromatic rings. The van der Waals surface area contributed by atoms with Crippen LogP contribution in [-0.4, -0.2) is 6.17 Å². The SMILES string of the molecule is Br.Br.CCCCCC(N)N. The van der Waals surface area contributed by atoms with Gasteiger partial charge in [-0.2, -0.15) is 0 Å². The minimum absolute atomic E-state index is 0. The van der Waals surface area contributed by atoms with Gasteiger partial charge >= 0.3 is 0 Å². The molecule has 0 unspecified atom stereocenters. The monoisotopic (exact) mass is 276 g/mol. The standard InChI is InChI=1S/C6H16N2.2BrH/c1-2-3-4-5-6(7)8;;/h6H,2-5,7-8H2,1H3;2*1H. The van der Waals surface area contributed by atoms with Crippen molar-refractivity contribution in [3.05, 3.63) is 0 Å². The summed E-state index contributed by atoms with van der Waals surface area (Å²) in [6.07, 6.45) is 4.54. The summed E-state index contributed by atoms with van der Waals surface area (Å²) in [5, 5.41) is 0. The third-order valence-corrected chi connectivity index (χ3v) is 1.14. The minimum atomic E-state index is -0.0958. The predicted octanol–water partition coefficient (Wildman–Crippen LogP) is 1.97. The quantitative estimate of drug-likeness (QED) is 0.610. The van der Waals surface area contributed by atoms with Crippen molar-refractivity contribution in [1.29, 1.82) is 0 Å². The Morgan fingerprint density at radius 3 is 1.90 bits per heavy atom. The van der Waals surface area contributed by atoms with E-state index in [1.54, 1.807) is 0 Å². The van der Waals surface area contributed by atoms with Gasteiger partial charge in [0.1, 0.15) is 0 Å². The van der Waals surface area contributed by atoms with E-state index in [9.17, 15) is 0 Å². The van der Waals surface area contributed by atoms with E-state index in [1.165, 1.54) is 19.3 Å². The fourth-order valence-corrected chi connectivity index (χ4v) is 0.630. The molecule has 0 aliphatic rings. The van der Waals surface area contributed by atoms with Crippen LogP contribution in [0.2, 0.25) is 0 Å². The first-order chi connectivity index (χ1) is 3.77. The molecule has 0 amide bonds. The topological polar surface area (TPSA) is 52.0 Å². The Labute approximate surface area is 84.3 Å². The molecule has 66 valence electrons. The van der Waals surface area contributed by atoms with Crippen LogP contribution in [0.5, 0.6) is 0 Å². The molecule has 4 heteroatoms. The van der Waals surface area contributed by atoms with Gasteiger partial charge in [0.15, 0.2) is 0 Å². The van der Waals surface area contributed by atoms with Crippen molar-refractivity contribution in [3.63, 3.8) is 0 Å². The van der Waals surface area contributed by atoms with Crippen LogP contribution in [0.1, 0.15) is 32.6 Å². The van der Waals surface area contributed by atoms with Crippen molar-refractivity contribution < 1.29 is 0 Å². The Kier molecular flexibility index (Phi) is 21.5. The smallest absolute Gasteiger partial charge is 0.0520 e. The first-order valence-electron chi connectivity index (χ1n) is 3.28. The molecule has 0 aliphatic carbocycles. The highest BCUT2D eigenvalue weighted by Gasteiger charge is 1.90. The van der Waals surface area contributed by atoms with Crippen LogP contribution in [0.25, 0.3) is 0 Å². The van der Waals surface area contributed by atoms with Crippen LogP contribution in [0.3, 0.4) is 0 Å². The molecule has 0 aromatic heterocycles. The minimum Gasteiger partial charge on any atom is -0.316 e. The highest BCUT2D eigenvalue weighted by Crippen LogP contribution is 1.97. The fourth-order valence-electron chi connectivity index (χ4n) is 0.630. The maximum Gasteiger partial charge on any atom is 0.0520 e. The summed E-state index contributed by atoms with van der Waals surface area (Å²) in [6.45, 7) is 2.17. The normalized spacial score (nSPS) is 8.40. The Balaban J connectivity index is -0.000000245. The number of rotatable bonds is 4. The Hall–Kier alpha value is 0.880. The Bertz CT molecular complexity index is 51.0. The molecule has 0 rings (SSSR count). The molecule has 10 heavy (non-hydrogen) atoms. The lowest BCUT2D eigenvalue weighted by Crippen LogP contribution is -2.29. The highest BCUT2D eigenvalue weighted by atomic mass is 79.9. The highest BCUT2D eigenvalue weighted by molar-refractivity contribution is 8.93. The van der Waals surface area contributed by atoms with Gasteiger partial charge in [0.05, 0.1) is 6.17 Å². The van der Waals surface area contributed by atoms with E-state index >= 15 is 0 Å². The number of unbranched alkanes of at least 4 members (excludes halogenated alkanes) is 2. The van der Waals surface area contributed by atoms with Crippen LogP contribution in [0, 0.1) is 0 Å². The van der Waals surface area contributed by atoms with Gasteiger partial charge in [-0.25, -0.2) is 0 Å². The van der Waals surface area contributed by atoms with Crippen LogP contribution < -0.4 is 11.5 Å². The lowest BCUT2D eigenvalue weighted by atomic mass is 10.2. The first-order valence-corrected chi connectivity index (χ1v) is 3.28. The summed E-state index contributed by atoms with van der Waals surface area (Å²) >= 11 is 0. The van der Waals surface area contributed by atoms with E-state index in [0.717, 1.165) is 6.42 Å². The summed E-state index contributed by atoms with van der Waals surface area (Å²) < 4.78 is 0. The largest absolute Gasteiger partial charge is 0.316 e. The van der Waals surface area contributed by atoms with Crippen molar-refractivity contribution in [3.8, 4) is 0 Å². The van der Waals surface area contributed by atoms with Crippen LogP contribution in [-0.2, 0) is 0 Å².